The number of carbonyl (C=O) groups is 2. The Morgan fingerprint density at radius 1 is 1.13 bits per heavy atom. The molecular formula is C18H19N3O7S2. The van der Waals surface area contributed by atoms with Gasteiger partial charge in [0, 0.05) is 19.7 Å². The molecule has 12 heteroatoms. The lowest BCUT2D eigenvalue weighted by Crippen LogP contribution is -2.38. The Morgan fingerprint density at radius 2 is 1.87 bits per heavy atom. The van der Waals surface area contributed by atoms with E-state index in [2.05, 4.69) is 10.3 Å². The van der Waals surface area contributed by atoms with Crippen molar-refractivity contribution in [2.24, 2.45) is 0 Å². The van der Waals surface area contributed by atoms with Gasteiger partial charge in [-0.2, -0.15) is 8.42 Å². The highest BCUT2D eigenvalue weighted by atomic mass is 32.4. The number of likely N-dealkylation sites (N-methyl/N-ethyl adjacent to an activating group) is 1. The Morgan fingerprint density at radius 3 is 2.50 bits per heavy atom. The van der Waals surface area contributed by atoms with Crippen molar-refractivity contribution in [2.75, 3.05) is 25.1 Å². The molecule has 2 aliphatic rings. The van der Waals surface area contributed by atoms with Crippen LogP contribution in [0.4, 0.5) is 10.6 Å². The molecule has 3 heterocycles. The van der Waals surface area contributed by atoms with Gasteiger partial charge in [0.25, 0.3) is 5.91 Å². The molecule has 10 nitrogen and oxygen atoms in total. The first-order valence-corrected chi connectivity index (χ1v) is 11.8. The van der Waals surface area contributed by atoms with E-state index in [4.69, 9.17) is 12.0 Å². The fraction of sp³-hybridized carbons (Fsp3) is 0.278. The molecular weight excluding hydrogens is 434 g/mol. The zero-order chi connectivity index (χ0) is 21.4. The molecule has 2 aliphatic heterocycles. The maximum atomic E-state index is 12.1. The molecule has 2 aromatic rings. The second-order valence-electron chi connectivity index (χ2n) is 6.66. The number of anilines is 1. The van der Waals surface area contributed by atoms with Crippen LogP contribution in [0.2, 0.25) is 0 Å². The summed E-state index contributed by atoms with van der Waals surface area (Å²) in [6, 6.07) is 12.7. The van der Waals surface area contributed by atoms with Gasteiger partial charge in [-0.05, 0) is 29.8 Å². The highest BCUT2D eigenvalue weighted by Crippen LogP contribution is 2.68. The Labute approximate surface area is 175 Å². The number of amides is 2. The molecule has 2 fully saturated rings. The average molecular weight is 453 g/mol. The number of imide groups is 1. The molecule has 30 heavy (non-hydrogen) atoms. The zero-order valence-corrected chi connectivity index (χ0v) is 17.5. The highest BCUT2D eigenvalue weighted by Gasteiger charge is 2.62. The molecule has 0 radical (unpaired) electrons. The molecule has 1 unspecified atom stereocenters. The molecule has 0 bridgehead atoms. The number of nitrogens with zero attached hydrogens (tertiary/aromatic N) is 2. The maximum Gasteiger partial charge on any atom is 0.438 e. The van der Waals surface area contributed by atoms with E-state index in [0.29, 0.717) is 24.5 Å². The van der Waals surface area contributed by atoms with Crippen LogP contribution in [-0.2, 0) is 28.9 Å². The van der Waals surface area contributed by atoms with Crippen molar-refractivity contribution in [3.8, 4) is 5.75 Å². The van der Waals surface area contributed by atoms with Gasteiger partial charge in [0.15, 0.2) is 0 Å². The third-order valence-corrected chi connectivity index (χ3v) is 9.30. The molecule has 2 amide bonds. The van der Waals surface area contributed by atoms with E-state index in [9.17, 15) is 18.0 Å². The molecule has 4 rings (SSSR count). The number of hydrogen-bond donors (Lipinski definition) is 1. The summed E-state index contributed by atoms with van der Waals surface area (Å²) in [6.07, 6.45) is 1.83. The first-order valence-electron chi connectivity index (χ1n) is 8.97. The molecule has 1 spiro atoms. The lowest BCUT2D eigenvalue weighted by Gasteiger charge is -2.43. The standard InChI is InChI=1S/C18H19N3O7S2/c1-21(16-4-2-3-9-19-16)10-11-26-14-7-5-13(6-8-14)12-15-17(22)20-18(23)29(15)27-30(24,25)28-29/h2-9,15H,10-12H2,1H3,(H,20,22,23). The van der Waals surface area contributed by atoms with Crippen LogP contribution in [-0.4, -0.2) is 50.0 Å². The quantitative estimate of drug-likeness (QED) is 0.667. The van der Waals surface area contributed by atoms with E-state index in [1.54, 1.807) is 30.5 Å². The van der Waals surface area contributed by atoms with Crippen LogP contribution >= 0.6 is 10.6 Å². The van der Waals surface area contributed by atoms with Crippen LogP contribution in [0.3, 0.4) is 0 Å². The Hall–Kier alpha value is -2.67. The van der Waals surface area contributed by atoms with E-state index < -0.39 is 37.4 Å². The monoisotopic (exact) mass is 453 g/mol. The number of carbonyl (C=O) groups excluding carboxylic acids is 2. The summed E-state index contributed by atoms with van der Waals surface area (Å²) >= 11 is 0. The summed E-state index contributed by atoms with van der Waals surface area (Å²) in [5.41, 5.74) is 0.714. The van der Waals surface area contributed by atoms with Crippen molar-refractivity contribution < 1.29 is 30.0 Å². The lowest BCUT2D eigenvalue weighted by atomic mass is 10.1. The number of benzene rings is 1. The van der Waals surface area contributed by atoms with Crippen molar-refractivity contribution in [1.29, 1.82) is 0 Å². The fourth-order valence-electron chi connectivity index (χ4n) is 3.06. The second-order valence-corrected chi connectivity index (χ2v) is 10.6. The Balaban J connectivity index is 1.34. The number of ether oxygens (including phenoxy) is 1. The molecule has 0 aliphatic carbocycles. The van der Waals surface area contributed by atoms with Gasteiger partial charge in [-0.1, -0.05) is 28.8 Å². The van der Waals surface area contributed by atoms with Gasteiger partial charge in [-0.25, -0.2) is 9.78 Å². The van der Waals surface area contributed by atoms with Gasteiger partial charge in [0.05, 0.1) is 6.54 Å². The third kappa shape index (κ3) is 3.99. The average Bonchev–Trinajstić information content (AvgIpc) is 2.93. The van der Waals surface area contributed by atoms with Gasteiger partial charge >= 0.3 is 15.6 Å². The lowest BCUT2D eigenvalue weighted by molar-refractivity contribution is -0.119. The van der Waals surface area contributed by atoms with E-state index in [0.717, 1.165) is 5.82 Å². The number of rotatable bonds is 7. The second kappa shape index (κ2) is 7.87. The minimum Gasteiger partial charge on any atom is -0.492 e. The summed E-state index contributed by atoms with van der Waals surface area (Å²) in [4.78, 5) is 30.3. The number of hydrogen-bond acceptors (Lipinski definition) is 9. The van der Waals surface area contributed by atoms with Crippen LogP contribution < -0.4 is 15.0 Å². The summed E-state index contributed by atoms with van der Waals surface area (Å²) in [6.45, 7) is 1.08. The van der Waals surface area contributed by atoms with Crippen molar-refractivity contribution in [3.63, 3.8) is 0 Å². The van der Waals surface area contributed by atoms with E-state index in [-0.39, 0.29) is 6.42 Å². The third-order valence-electron chi connectivity index (χ3n) is 4.60. The molecule has 1 N–H and O–H groups in total. The van der Waals surface area contributed by atoms with Crippen LogP contribution in [0, 0.1) is 0 Å². The molecule has 1 aromatic heterocycles. The Bertz CT molecular complexity index is 1050. The molecule has 0 saturated carbocycles. The first-order chi connectivity index (χ1) is 14.3. The minimum absolute atomic E-state index is 0.102. The first kappa shape index (κ1) is 20.6. The van der Waals surface area contributed by atoms with E-state index in [1.165, 1.54) is 0 Å². The van der Waals surface area contributed by atoms with Gasteiger partial charge in [0.1, 0.15) is 23.4 Å². The summed E-state index contributed by atoms with van der Waals surface area (Å²) < 4.78 is 37.7. The summed E-state index contributed by atoms with van der Waals surface area (Å²) in [7, 11) is -5.41. The van der Waals surface area contributed by atoms with Crippen LogP contribution in [0.25, 0.3) is 0 Å². The summed E-state index contributed by atoms with van der Waals surface area (Å²) in [5, 5.41) is 0.241. The van der Waals surface area contributed by atoms with E-state index in [1.807, 2.05) is 30.1 Å². The predicted octanol–water partition coefficient (Wildman–Crippen LogP) is 1.68. The number of pyridine rings is 1. The van der Waals surface area contributed by atoms with E-state index >= 15 is 0 Å². The number of aromatic nitrogens is 1. The molecule has 160 valence electrons. The topological polar surface area (TPSA) is 124 Å². The van der Waals surface area contributed by atoms with Crippen molar-refractivity contribution in [2.45, 2.75) is 11.7 Å². The number of nitrogens with one attached hydrogen (secondary N) is 1. The zero-order valence-electron chi connectivity index (χ0n) is 15.9. The van der Waals surface area contributed by atoms with Crippen LogP contribution in [0.1, 0.15) is 5.56 Å². The highest BCUT2D eigenvalue weighted by molar-refractivity contribution is 8.47. The van der Waals surface area contributed by atoms with Crippen molar-refractivity contribution in [1.82, 2.24) is 10.3 Å². The summed E-state index contributed by atoms with van der Waals surface area (Å²) in [5.74, 6) is 0.878. The Kier molecular flexibility index (Phi) is 5.40. The van der Waals surface area contributed by atoms with Crippen molar-refractivity contribution >= 4 is 38.0 Å². The van der Waals surface area contributed by atoms with Crippen LogP contribution in [0.5, 0.6) is 5.75 Å². The van der Waals surface area contributed by atoms with Gasteiger partial charge in [-0.3, -0.25) is 10.1 Å². The fourth-order valence-corrected chi connectivity index (χ4v) is 7.59. The SMILES string of the molecule is CN(CCOc1ccc(CC2C(=O)NC(=O)S23OS(=O)(=O)O3)cc1)c1ccccn1. The molecule has 2 saturated heterocycles. The maximum absolute atomic E-state index is 12.1. The van der Waals surface area contributed by atoms with Gasteiger partial charge in [-0.15, -0.1) is 7.26 Å². The van der Waals surface area contributed by atoms with Gasteiger partial charge in [0.2, 0.25) is 0 Å². The van der Waals surface area contributed by atoms with Gasteiger partial charge < -0.3 is 9.64 Å². The normalized spacial score (nSPS) is 22.2. The smallest absolute Gasteiger partial charge is 0.438 e. The predicted molar refractivity (Wildman–Crippen MR) is 109 cm³/mol. The molecule has 1 aromatic carbocycles. The molecule has 1 atom stereocenters. The minimum atomic E-state index is -4.20. The van der Waals surface area contributed by atoms with Crippen LogP contribution in [0.15, 0.2) is 48.7 Å². The largest absolute Gasteiger partial charge is 0.492 e. The van der Waals surface area contributed by atoms with Crippen molar-refractivity contribution in [3.05, 3.63) is 54.2 Å².